The van der Waals surface area contributed by atoms with Crippen LogP contribution in [-0.2, 0) is 4.84 Å². The molecule has 1 heterocycles. The van der Waals surface area contributed by atoms with E-state index in [2.05, 4.69) is 11.9 Å². The second-order valence-corrected chi connectivity index (χ2v) is 4.43. The highest BCUT2D eigenvalue weighted by Gasteiger charge is 2.19. The topological polar surface area (TPSA) is 32.8 Å². The second kappa shape index (κ2) is 5.29. The number of carbonyl (C=O) groups is 1. The van der Waals surface area contributed by atoms with Crippen LogP contribution in [0.2, 0.25) is 0 Å². The zero-order valence-corrected chi connectivity index (χ0v) is 10.3. The number of carbonyl (C=O) groups excluding carboxylic acids is 1. The SMILES string of the molecule is Cc1ccccc1C(=O)ON1CCN(C)CC1. The molecule has 1 fully saturated rings. The van der Waals surface area contributed by atoms with Gasteiger partial charge in [0.15, 0.2) is 0 Å². The van der Waals surface area contributed by atoms with Crippen molar-refractivity contribution in [3.05, 3.63) is 35.4 Å². The van der Waals surface area contributed by atoms with Gasteiger partial charge in [-0.3, -0.25) is 0 Å². The van der Waals surface area contributed by atoms with E-state index in [1.165, 1.54) is 0 Å². The van der Waals surface area contributed by atoms with Gasteiger partial charge in [0.25, 0.3) is 0 Å². The molecule has 0 aliphatic carbocycles. The molecule has 0 atom stereocenters. The zero-order valence-electron chi connectivity index (χ0n) is 10.3. The Kier molecular flexibility index (Phi) is 3.76. The van der Waals surface area contributed by atoms with Gasteiger partial charge in [-0.05, 0) is 25.6 Å². The molecule has 0 unspecified atom stereocenters. The minimum atomic E-state index is -0.257. The number of nitrogens with zero attached hydrogens (tertiary/aromatic N) is 2. The molecule has 4 heteroatoms. The number of hydrogen-bond donors (Lipinski definition) is 0. The molecule has 0 radical (unpaired) electrons. The van der Waals surface area contributed by atoms with Crippen LogP contribution in [0.3, 0.4) is 0 Å². The molecular weight excluding hydrogens is 216 g/mol. The maximum atomic E-state index is 11.9. The molecule has 0 spiro atoms. The van der Waals surface area contributed by atoms with Crippen molar-refractivity contribution in [3.8, 4) is 0 Å². The van der Waals surface area contributed by atoms with Crippen LogP contribution in [0.25, 0.3) is 0 Å². The molecule has 1 aromatic rings. The summed E-state index contributed by atoms with van der Waals surface area (Å²) in [5, 5.41) is 1.74. The third kappa shape index (κ3) is 3.05. The quantitative estimate of drug-likeness (QED) is 0.772. The van der Waals surface area contributed by atoms with Crippen molar-refractivity contribution < 1.29 is 9.63 Å². The smallest absolute Gasteiger partial charge is 0.357 e. The highest BCUT2D eigenvalue weighted by Crippen LogP contribution is 2.10. The van der Waals surface area contributed by atoms with Crippen LogP contribution >= 0.6 is 0 Å². The summed E-state index contributed by atoms with van der Waals surface area (Å²) in [7, 11) is 2.07. The van der Waals surface area contributed by atoms with Gasteiger partial charge in [0.2, 0.25) is 0 Å². The second-order valence-electron chi connectivity index (χ2n) is 4.43. The van der Waals surface area contributed by atoms with Gasteiger partial charge in [0.05, 0.1) is 5.56 Å². The predicted molar refractivity (Wildman–Crippen MR) is 65.7 cm³/mol. The third-order valence-electron chi connectivity index (χ3n) is 3.04. The zero-order chi connectivity index (χ0) is 12.3. The number of hydrogen-bond acceptors (Lipinski definition) is 4. The lowest BCUT2D eigenvalue weighted by Gasteiger charge is -2.30. The largest absolute Gasteiger partial charge is 0.364 e. The molecule has 4 nitrogen and oxygen atoms in total. The van der Waals surface area contributed by atoms with Gasteiger partial charge in [-0.1, -0.05) is 18.2 Å². The van der Waals surface area contributed by atoms with Crippen molar-refractivity contribution in [1.29, 1.82) is 0 Å². The van der Waals surface area contributed by atoms with E-state index >= 15 is 0 Å². The first-order valence-corrected chi connectivity index (χ1v) is 5.88. The Hall–Kier alpha value is -1.39. The first kappa shape index (κ1) is 12.1. The molecule has 1 aliphatic rings. The Balaban J connectivity index is 1.96. The molecule has 0 amide bonds. The van der Waals surface area contributed by atoms with Crippen molar-refractivity contribution in [2.45, 2.75) is 6.92 Å². The normalized spacial score (nSPS) is 18.0. The summed E-state index contributed by atoms with van der Waals surface area (Å²) < 4.78 is 0. The van der Waals surface area contributed by atoms with E-state index in [9.17, 15) is 4.79 Å². The Bertz CT molecular complexity index is 398. The lowest BCUT2D eigenvalue weighted by Crippen LogP contribution is -2.45. The monoisotopic (exact) mass is 234 g/mol. The predicted octanol–water partition coefficient (Wildman–Crippen LogP) is 1.31. The summed E-state index contributed by atoms with van der Waals surface area (Å²) in [6.45, 7) is 5.32. The van der Waals surface area contributed by atoms with Crippen molar-refractivity contribution in [2.24, 2.45) is 0 Å². The Morgan fingerprint density at radius 1 is 1.18 bits per heavy atom. The molecule has 1 aliphatic heterocycles. The summed E-state index contributed by atoms with van der Waals surface area (Å²) >= 11 is 0. The Morgan fingerprint density at radius 3 is 2.47 bits per heavy atom. The van der Waals surface area contributed by atoms with Crippen molar-refractivity contribution >= 4 is 5.97 Å². The van der Waals surface area contributed by atoms with E-state index in [4.69, 9.17) is 4.84 Å². The molecule has 92 valence electrons. The lowest BCUT2D eigenvalue weighted by atomic mass is 10.1. The van der Waals surface area contributed by atoms with Gasteiger partial charge < -0.3 is 9.74 Å². The Morgan fingerprint density at radius 2 is 1.82 bits per heavy atom. The van der Waals surface area contributed by atoms with Gasteiger partial charge in [-0.2, -0.15) is 0 Å². The number of likely N-dealkylation sites (N-methyl/N-ethyl adjacent to an activating group) is 1. The molecule has 0 N–H and O–H groups in total. The van der Waals surface area contributed by atoms with Crippen LogP contribution < -0.4 is 0 Å². The fourth-order valence-corrected chi connectivity index (χ4v) is 1.85. The first-order valence-electron chi connectivity index (χ1n) is 5.88. The third-order valence-corrected chi connectivity index (χ3v) is 3.04. The molecule has 0 bridgehead atoms. The number of benzene rings is 1. The average Bonchev–Trinajstić information content (AvgIpc) is 2.32. The van der Waals surface area contributed by atoms with Gasteiger partial charge in [-0.15, -0.1) is 5.06 Å². The number of rotatable bonds is 2. The first-order chi connectivity index (χ1) is 8.16. The molecule has 0 aromatic heterocycles. The van der Waals surface area contributed by atoms with Gasteiger partial charge in [0, 0.05) is 26.2 Å². The van der Waals surface area contributed by atoms with E-state index in [1.54, 1.807) is 11.1 Å². The van der Waals surface area contributed by atoms with Crippen LogP contribution in [0.15, 0.2) is 24.3 Å². The van der Waals surface area contributed by atoms with Gasteiger partial charge in [-0.25, -0.2) is 4.79 Å². The maximum Gasteiger partial charge on any atom is 0.357 e. The van der Waals surface area contributed by atoms with Gasteiger partial charge >= 0.3 is 5.97 Å². The molecule has 2 rings (SSSR count). The lowest BCUT2D eigenvalue weighted by molar-refractivity contribution is -0.127. The van der Waals surface area contributed by atoms with E-state index in [-0.39, 0.29) is 5.97 Å². The summed E-state index contributed by atoms with van der Waals surface area (Å²) in [5.41, 5.74) is 1.60. The minimum absolute atomic E-state index is 0.257. The maximum absolute atomic E-state index is 11.9. The molecule has 1 aromatic carbocycles. The van der Waals surface area contributed by atoms with Crippen molar-refractivity contribution in [3.63, 3.8) is 0 Å². The fraction of sp³-hybridized carbons (Fsp3) is 0.462. The molecule has 0 saturated carbocycles. The highest BCUT2D eigenvalue weighted by atomic mass is 16.7. The van der Waals surface area contributed by atoms with Crippen LogP contribution in [0.5, 0.6) is 0 Å². The van der Waals surface area contributed by atoms with Crippen LogP contribution in [0, 0.1) is 6.92 Å². The summed E-state index contributed by atoms with van der Waals surface area (Å²) in [6.07, 6.45) is 0. The van der Waals surface area contributed by atoms with Crippen LogP contribution in [-0.4, -0.2) is 49.2 Å². The standard InChI is InChI=1S/C13H18N2O2/c1-11-5-3-4-6-12(11)13(16)17-15-9-7-14(2)8-10-15/h3-6H,7-10H2,1-2H3. The average molecular weight is 234 g/mol. The highest BCUT2D eigenvalue weighted by molar-refractivity contribution is 5.90. The summed E-state index contributed by atoms with van der Waals surface area (Å²) in [5.74, 6) is -0.257. The van der Waals surface area contributed by atoms with E-state index in [1.807, 2.05) is 25.1 Å². The summed E-state index contributed by atoms with van der Waals surface area (Å²) in [6, 6.07) is 7.49. The van der Waals surface area contributed by atoms with Crippen molar-refractivity contribution in [2.75, 3.05) is 33.2 Å². The van der Waals surface area contributed by atoms with Gasteiger partial charge in [0.1, 0.15) is 0 Å². The molecule has 17 heavy (non-hydrogen) atoms. The Labute approximate surface area is 102 Å². The number of aryl methyl sites for hydroxylation is 1. The number of hydroxylamine groups is 2. The van der Waals surface area contributed by atoms with Crippen LogP contribution in [0.4, 0.5) is 0 Å². The van der Waals surface area contributed by atoms with E-state index in [0.29, 0.717) is 5.56 Å². The van der Waals surface area contributed by atoms with Crippen LogP contribution in [0.1, 0.15) is 15.9 Å². The fourth-order valence-electron chi connectivity index (χ4n) is 1.85. The van der Waals surface area contributed by atoms with Crippen molar-refractivity contribution in [1.82, 2.24) is 9.96 Å². The minimum Gasteiger partial charge on any atom is -0.364 e. The van der Waals surface area contributed by atoms with E-state index in [0.717, 1.165) is 31.7 Å². The van der Waals surface area contributed by atoms with E-state index < -0.39 is 0 Å². The molecule has 1 saturated heterocycles. The molecular formula is C13H18N2O2. The summed E-state index contributed by atoms with van der Waals surface area (Å²) in [4.78, 5) is 19.5. The number of piperazine rings is 1.